The van der Waals surface area contributed by atoms with Crippen LogP contribution in [0, 0.1) is 0 Å². The molecule has 1 aliphatic heterocycles. The molecule has 4 rings (SSSR count). The Morgan fingerprint density at radius 1 is 1.12 bits per heavy atom. The summed E-state index contributed by atoms with van der Waals surface area (Å²) >= 11 is 0. The lowest BCUT2D eigenvalue weighted by molar-refractivity contribution is 0.0949. The van der Waals surface area contributed by atoms with E-state index in [0.29, 0.717) is 29.4 Å². The predicted octanol–water partition coefficient (Wildman–Crippen LogP) is 2.74. The van der Waals surface area contributed by atoms with Crippen molar-refractivity contribution in [3.8, 4) is 22.8 Å². The molecule has 0 fully saturated rings. The van der Waals surface area contributed by atoms with Gasteiger partial charge in [-0.3, -0.25) is 4.79 Å². The average Bonchev–Trinajstić information content (AvgIpc) is 3.29. The van der Waals surface area contributed by atoms with Gasteiger partial charge in [0.2, 0.25) is 6.79 Å². The molecule has 6 nitrogen and oxygen atoms in total. The zero-order valence-corrected chi connectivity index (χ0v) is 12.8. The third-order valence-electron chi connectivity index (χ3n) is 3.76. The minimum Gasteiger partial charge on any atom is -0.454 e. The lowest BCUT2D eigenvalue weighted by Gasteiger charge is -2.04. The molecule has 0 radical (unpaired) electrons. The predicted molar refractivity (Wildman–Crippen MR) is 87.8 cm³/mol. The zero-order chi connectivity index (χ0) is 16.4. The third kappa shape index (κ3) is 2.81. The lowest BCUT2D eigenvalue weighted by atomic mass is 10.2. The van der Waals surface area contributed by atoms with Crippen LogP contribution in [0.15, 0.2) is 54.7 Å². The number of carbonyl (C=O) groups is 1. The first kappa shape index (κ1) is 14.3. The van der Waals surface area contributed by atoms with Gasteiger partial charge >= 0.3 is 0 Å². The van der Waals surface area contributed by atoms with E-state index in [4.69, 9.17) is 9.47 Å². The average molecular weight is 321 g/mol. The molecule has 2 N–H and O–H groups in total. The summed E-state index contributed by atoms with van der Waals surface area (Å²) in [4.78, 5) is 19.8. The molecule has 2 heterocycles. The van der Waals surface area contributed by atoms with E-state index in [1.807, 2.05) is 30.3 Å². The van der Waals surface area contributed by atoms with Crippen molar-refractivity contribution in [2.75, 3.05) is 6.79 Å². The van der Waals surface area contributed by atoms with Crippen molar-refractivity contribution < 1.29 is 14.3 Å². The van der Waals surface area contributed by atoms with E-state index in [0.717, 1.165) is 11.3 Å². The van der Waals surface area contributed by atoms with E-state index in [1.165, 1.54) is 0 Å². The molecule has 120 valence electrons. The van der Waals surface area contributed by atoms with Crippen molar-refractivity contribution in [1.82, 2.24) is 15.3 Å². The molecule has 6 heteroatoms. The number of aromatic amines is 1. The van der Waals surface area contributed by atoms with Gasteiger partial charge in [0.05, 0.1) is 18.4 Å². The van der Waals surface area contributed by atoms with Crippen LogP contribution in [0.3, 0.4) is 0 Å². The van der Waals surface area contributed by atoms with Gasteiger partial charge in [0, 0.05) is 5.56 Å². The number of aromatic nitrogens is 2. The van der Waals surface area contributed by atoms with Crippen molar-refractivity contribution in [2.45, 2.75) is 6.54 Å². The monoisotopic (exact) mass is 321 g/mol. The molecule has 0 bridgehead atoms. The molecule has 0 saturated carbocycles. The van der Waals surface area contributed by atoms with Crippen LogP contribution in [-0.2, 0) is 6.54 Å². The Hall–Kier alpha value is -3.28. The minimum absolute atomic E-state index is 0.189. The highest BCUT2D eigenvalue weighted by atomic mass is 16.7. The number of nitrogens with zero attached hydrogens (tertiary/aromatic N) is 1. The fraction of sp³-hybridized carbons (Fsp3) is 0.111. The second kappa shape index (κ2) is 6.08. The maximum atomic E-state index is 12.2. The van der Waals surface area contributed by atoms with Gasteiger partial charge < -0.3 is 19.8 Å². The summed E-state index contributed by atoms with van der Waals surface area (Å²) in [7, 11) is 0. The summed E-state index contributed by atoms with van der Waals surface area (Å²) in [5.41, 5.74) is 2.50. The van der Waals surface area contributed by atoms with Crippen LogP contribution in [-0.4, -0.2) is 22.7 Å². The van der Waals surface area contributed by atoms with Gasteiger partial charge in [-0.15, -0.1) is 0 Å². The Morgan fingerprint density at radius 2 is 1.96 bits per heavy atom. The van der Waals surface area contributed by atoms with Gasteiger partial charge in [-0.25, -0.2) is 4.98 Å². The largest absolute Gasteiger partial charge is 0.454 e. The van der Waals surface area contributed by atoms with E-state index in [-0.39, 0.29) is 12.7 Å². The number of fused-ring (bicyclic) bond motifs is 1. The molecule has 2 aromatic carbocycles. The van der Waals surface area contributed by atoms with Crippen LogP contribution in [0.25, 0.3) is 11.3 Å². The smallest absolute Gasteiger partial charge is 0.251 e. The standard InChI is InChI=1S/C18H15N3O3/c22-18(13-6-7-15-16(8-13)24-11-23-15)20-10-17-19-9-14(21-17)12-4-2-1-3-5-12/h1-9H,10-11H2,(H,19,21)(H,20,22). The summed E-state index contributed by atoms with van der Waals surface area (Å²) in [6.45, 7) is 0.509. The van der Waals surface area contributed by atoms with E-state index < -0.39 is 0 Å². The Labute approximate surface area is 138 Å². The fourth-order valence-electron chi connectivity index (χ4n) is 2.52. The van der Waals surface area contributed by atoms with Crippen LogP contribution >= 0.6 is 0 Å². The van der Waals surface area contributed by atoms with E-state index in [9.17, 15) is 4.79 Å². The fourth-order valence-corrected chi connectivity index (χ4v) is 2.52. The SMILES string of the molecule is O=C(NCc1ncc(-c2ccccc2)[nH]1)c1ccc2c(c1)OCO2. The van der Waals surface area contributed by atoms with Crippen molar-refractivity contribution in [1.29, 1.82) is 0 Å². The quantitative estimate of drug-likeness (QED) is 0.775. The summed E-state index contributed by atoms with van der Waals surface area (Å²) in [5.74, 6) is 1.76. The number of ether oxygens (including phenoxy) is 2. The Bertz CT molecular complexity index is 874. The van der Waals surface area contributed by atoms with Gasteiger partial charge in [0.1, 0.15) is 5.82 Å². The molecule has 0 aliphatic carbocycles. The van der Waals surface area contributed by atoms with E-state index in [1.54, 1.807) is 24.4 Å². The highest BCUT2D eigenvalue weighted by molar-refractivity contribution is 5.94. The molecule has 3 aromatic rings. The van der Waals surface area contributed by atoms with Gasteiger partial charge in [-0.2, -0.15) is 0 Å². The zero-order valence-electron chi connectivity index (χ0n) is 12.8. The van der Waals surface area contributed by atoms with E-state index >= 15 is 0 Å². The minimum atomic E-state index is -0.189. The van der Waals surface area contributed by atoms with Crippen LogP contribution in [0.5, 0.6) is 11.5 Å². The number of hydrogen-bond acceptors (Lipinski definition) is 4. The molecular weight excluding hydrogens is 306 g/mol. The van der Waals surface area contributed by atoms with Gasteiger partial charge in [0.15, 0.2) is 11.5 Å². The Kier molecular flexibility index (Phi) is 3.63. The Morgan fingerprint density at radius 3 is 2.83 bits per heavy atom. The normalized spacial score (nSPS) is 12.2. The van der Waals surface area contributed by atoms with Crippen LogP contribution in [0.2, 0.25) is 0 Å². The summed E-state index contributed by atoms with van der Waals surface area (Å²) in [6, 6.07) is 15.0. The first-order valence-electron chi connectivity index (χ1n) is 7.57. The van der Waals surface area contributed by atoms with Crippen molar-refractivity contribution in [3.63, 3.8) is 0 Å². The van der Waals surface area contributed by atoms with Crippen molar-refractivity contribution in [2.24, 2.45) is 0 Å². The first-order valence-corrected chi connectivity index (χ1v) is 7.57. The highest BCUT2D eigenvalue weighted by Gasteiger charge is 2.16. The second-order valence-corrected chi connectivity index (χ2v) is 5.36. The van der Waals surface area contributed by atoms with Gasteiger partial charge in [0.25, 0.3) is 5.91 Å². The maximum Gasteiger partial charge on any atom is 0.251 e. The number of benzene rings is 2. The number of nitrogens with one attached hydrogen (secondary N) is 2. The molecular formula is C18H15N3O3. The van der Waals surface area contributed by atoms with Crippen LogP contribution in [0.4, 0.5) is 0 Å². The Balaban J connectivity index is 1.42. The molecule has 0 atom stereocenters. The number of carbonyl (C=O) groups excluding carboxylic acids is 1. The van der Waals surface area contributed by atoms with Crippen molar-refractivity contribution in [3.05, 3.63) is 66.1 Å². The van der Waals surface area contributed by atoms with Crippen molar-refractivity contribution >= 4 is 5.91 Å². The molecule has 1 aliphatic rings. The second-order valence-electron chi connectivity index (χ2n) is 5.36. The topological polar surface area (TPSA) is 76.2 Å². The number of imidazole rings is 1. The van der Waals surface area contributed by atoms with Gasteiger partial charge in [-0.05, 0) is 23.8 Å². The number of rotatable bonds is 4. The van der Waals surface area contributed by atoms with Crippen LogP contribution in [0.1, 0.15) is 16.2 Å². The van der Waals surface area contributed by atoms with Crippen LogP contribution < -0.4 is 14.8 Å². The molecule has 0 saturated heterocycles. The molecule has 0 spiro atoms. The van der Waals surface area contributed by atoms with E-state index in [2.05, 4.69) is 15.3 Å². The van der Waals surface area contributed by atoms with Gasteiger partial charge in [-0.1, -0.05) is 30.3 Å². The number of H-pyrrole nitrogens is 1. The lowest BCUT2D eigenvalue weighted by Crippen LogP contribution is -2.23. The molecule has 0 unspecified atom stereocenters. The molecule has 24 heavy (non-hydrogen) atoms. The summed E-state index contributed by atoms with van der Waals surface area (Å²) < 4.78 is 10.5. The first-order chi connectivity index (χ1) is 11.8. The molecule has 1 amide bonds. The summed E-state index contributed by atoms with van der Waals surface area (Å²) in [5, 5.41) is 2.84. The number of amides is 1. The highest BCUT2D eigenvalue weighted by Crippen LogP contribution is 2.32. The third-order valence-corrected chi connectivity index (χ3v) is 3.76. The number of hydrogen-bond donors (Lipinski definition) is 2. The molecule has 1 aromatic heterocycles. The maximum absolute atomic E-state index is 12.2. The summed E-state index contributed by atoms with van der Waals surface area (Å²) in [6.07, 6.45) is 1.76.